The molecular formula is C24H35N5O2. The largest absolute Gasteiger partial charge is 0.492 e. The van der Waals surface area contributed by atoms with Crippen molar-refractivity contribution in [2.45, 2.75) is 44.2 Å². The van der Waals surface area contributed by atoms with Crippen LogP contribution in [0.3, 0.4) is 0 Å². The normalized spacial score (nSPS) is 22.4. The fourth-order valence-corrected chi connectivity index (χ4v) is 4.57. The van der Waals surface area contributed by atoms with Gasteiger partial charge >= 0.3 is 0 Å². The molecule has 0 unspecified atom stereocenters. The molecule has 0 aliphatic carbocycles. The standard InChI is InChI=1S/C24H35N5O2/c30-24(8-5-13-29(20-24)23-18-25-9-10-27-23)19-26-17-21-6-4-7-22(16-21)31-15-14-28-11-2-1-3-12-28/h4,6-7,9-10,16,18,26,30H,1-3,5,8,11-15,17,19-20H2/t24-/m1/s1. The van der Waals surface area contributed by atoms with E-state index < -0.39 is 5.60 Å². The number of aliphatic hydroxyl groups is 1. The van der Waals surface area contributed by atoms with E-state index in [0.29, 0.717) is 19.6 Å². The number of ether oxygens (including phenoxy) is 1. The molecular weight excluding hydrogens is 390 g/mol. The number of nitrogens with one attached hydrogen (secondary N) is 1. The molecule has 2 saturated heterocycles. The summed E-state index contributed by atoms with van der Waals surface area (Å²) in [5, 5.41) is 14.5. The number of hydrogen-bond acceptors (Lipinski definition) is 7. The summed E-state index contributed by atoms with van der Waals surface area (Å²) in [6.45, 7) is 6.85. The van der Waals surface area contributed by atoms with Gasteiger partial charge in [0.1, 0.15) is 18.2 Å². The summed E-state index contributed by atoms with van der Waals surface area (Å²) in [5.41, 5.74) is 0.402. The van der Waals surface area contributed by atoms with Gasteiger partial charge in [-0.1, -0.05) is 18.6 Å². The lowest BCUT2D eigenvalue weighted by Crippen LogP contribution is -2.53. The molecule has 2 aromatic rings. The summed E-state index contributed by atoms with van der Waals surface area (Å²) < 4.78 is 5.99. The fraction of sp³-hybridized carbons (Fsp3) is 0.583. The van der Waals surface area contributed by atoms with Gasteiger partial charge in [0, 0.05) is 45.1 Å². The highest BCUT2D eigenvalue weighted by Gasteiger charge is 2.33. The van der Waals surface area contributed by atoms with Crippen LogP contribution in [0.2, 0.25) is 0 Å². The van der Waals surface area contributed by atoms with E-state index >= 15 is 0 Å². The highest BCUT2D eigenvalue weighted by Crippen LogP contribution is 2.24. The first kappa shape index (κ1) is 22.0. The quantitative estimate of drug-likeness (QED) is 0.639. The predicted molar refractivity (Wildman–Crippen MR) is 122 cm³/mol. The zero-order chi connectivity index (χ0) is 21.4. The number of likely N-dealkylation sites (tertiary alicyclic amines) is 1. The summed E-state index contributed by atoms with van der Waals surface area (Å²) in [6.07, 6.45) is 10.8. The minimum absolute atomic E-state index is 0.545. The summed E-state index contributed by atoms with van der Waals surface area (Å²) in [6, 6.07) is 8.26. The monoisotopic (exact) mass is 425 g/mol. The Morgan fingerprint density at radius 3 is 2.84 bits per heavy atom. The Balaban J connectivity index is 1.22. The van der Waals surface area contributed by atoms with Crippen LogP contribution in [-0.2, 0) is 6.54 Å². The van der Waals surface area contributed by atoms with Gasteiger partial charge in [-0.15, -0.1) is 0 Å². The second-order valence-electron chi connectivity index (χ2n) is 8.81. The molecule has 0 radical (unpaired) electrons. The molecule has 0 amide bonds. The Bertz CT molecular complexity index is 800. The number of rotatable bonds is 9. The first-order chi connectivity index (χ1) is 15.2. The topological polar surface area (TPSA) is 73.8 Å². The van der Waals surface area contributed by atoms with Gasteiger partial charge in [-0.05, 0) is 56.5 Å². The summed E-state index contributed by atoms with van der Waals surface area (Å²) >= 11 is 0. The lowest BCUT2D eigenvalue weighted by molar-refractivity contribution is 0.0258. The van der Waals surface area contributed by atoms with Crippen molar-refractivity contribution in [2.24, 2.45) is 0 Å². The van der Waals surface area contributed by atoms with Crippen molar-refractivity contribution in [1.82, 2.24) is 20.2 Å². The van der Waals surface area contributed by atoms with Crippen molar-refractivity contribution in [3.8, 4) is 5.75 Å². The molecule has 168 valence electrons. The maximum absolute atomic E-state index is 11.1. The van der Waals surface area contributed by atoms with Gasteiger partial charge in [-0.25, -0.2) is 4.98 Å². The minimum Gasteiger partial charge on any atom is -0.492 e. The SMILES string of the molecule is O[C@@]1(CNCc2cccc(OCCN3CCCCC3)c2)CCCN(c2cnccn2)C1. The minimum atomic E-state index is -0.766. The summed E-state index contributed by atoms with van der Waals surface area (Å²) in [4.78, 5) is 13.1. The van der Waals surface area contributed by atoms with Crippen molar-refractivity contribution in [2.75, 3.05) is 50.8 Å². The van der Waals surface area contributed by atoms with Crippen LogP contribution in [0.5, 0.6) is 5.75 Å². The van der Waals surface area contributed by atoms with E-state index in [4.69, 9.17) is 4.74 Å². The van der Waals surface area contributed by atoms with Gasteiger partial charge in [0.2, 0.25) is 0 Å². The zero-order valence-electron chi connectivity index (χ0n) is 18.4. The van der Waals surface area contributed by atoms with E-state index in [9.17, 15) is 5.11 Å². The van der Waals surface area contributed by atoms with Gasteiger partial charge in [0.25, 0.3) is 0 Å². The molecule has 2 N–H and O–H groups in total. The maximum atomic E-state index is 11.1. The molecule has 1 atom stereocenters. The zero-order valence-corrected chi connectivity index (χ0v) is 18.4. The van der Waals surface area contributed by atoms with Crippen LogP contribution in [0.4, 0.5) is 5.82 Å². The number of anilines is 1. The van der Waals surface area contributed by atoms with Crippen molar-refractivity contribution in [1.29, 1.82) is 0 Å². The number of β-amino-alcohol motifs (C(OH)–C–C–N with tert-alkyl or cyclic N) is 1. The van der Waals surface area contributed by atoms with Crippen LogP contribution in [0, 0.1) is 0 Å². The molecule has 2 aliphatic heterocycles. The fourth-order valence-electron chi connectivity index (χ4n) is 4.57. The molecule has 2 fully saturated rings. The maximum Gasteiger partial charge on any atom is 0.147 e. The number of benzene rings is 1. The third-order valence-electron chi connectivity index (χ3n) is 6.24. The summed E-state index contributed by atoms with van der Waals surface area (Å²) in [5.74, 6) is 1.75. The molecule has 2 aliphatic rings. The van der Waals surface area contributed by atoms with Gasteiger partial charge in [0.05, 0.1) is 11.8 Å². The van der Waals surface area contributed by atoms with E-state index in [0.717, 1.165) is 44.1 Å². The van der Waals surface area contributed by atoms with Crippen LogP contribution in [-0.4, -0.2) is 71.5 Å². The van der Waals surface area contributed by atoms with Crippen LogP contribution < -0.4 is 15.0 Å². The van der Waals surface area contributed by atoms with Crippen molar-refractivity contribution in [3.63, 3.8) is 0 Å². The Morgan fingerprint density at radius 2 is 2.00 bits per heavy atom. The molecule has 1 aromatic carbocycles. The second kappa shape index (κ2) is 10.9. The Morgan fingerprint density at radius 1 is 1.10 bits per heavy atom. The molecule has 0 spiro atoms. The Hall–Kier alpha value is -2.22. The summed E-state index contributed by atoms with van der Waals surface area (Å²) in [7, 11) is 0. The first-order valence-corrected chi connectivity index (χ1v) is 11.6. The highest BCUT2D eigenvalue weighted by molar-refractivity contribution is 5.36. The number of hydrogen-bond donors (Lipinski definition) is 2. The third kappa shape index (κ3) is 6.63. The smallest absolute Gasteiger partial charge is 0.147 e. The van der Waals surface area contributed by atoms with Crippen molar-refractivity contribution < 1.29 is 9.84 Å². The second-order valence-corrected chi connectivity index (χ2v) is 8.81. The molecule has 7 nitrogen and oxygen atoms in total. The Labute approximate surface area is 185 Å². The average molecular weight is 426 g/mol. The van der Waals surface area contributed by atoms with Crippen LogP contribution in [0.25, 0.3) is 0 Å². The molecule has 3 heterocycles. The van der Waals surface area contributed by atoms with Crippen LogP contribution >= 0.6 is 0 Å². The lowest BCUT2D eigenvalue weighted by Gasteiger charge is -2.39. The van der Waals surface area contributed by atoms with E-state index in [1.54, 1.807) is 18.6 Å². The molecule has 1 aromatic heterocycles. The van der Waals surface area contributed by atoms with E-state index in [2.05, 4.69) is 37.2 Å². The van der Waals surface area contributed by atoms with Crippen LogP contribution in [0.1, 0.15) is 37.7 Å². The predicted octanol–water partition coefficient (Wildman–Crippen LogP) is 2.46. The van der Waals surface area contributed by atoms with Gasteiger partial charge in [0.15, 0.2) is 0 Å². The van der Waals surface area contributed by atoms with Gasteiger partial charge in [-0.3, -0.25) is 9.88 Å². The van der Waals surface area contributed by atoms with E-state index in [1.165, 1.54) is 37.9 Å². The third-order valence-corrected chi connectivity index (χ3v) is 6.24. The molecule has 31 heavy (non-hydrogen) atoms. The molecule has 0 bridgehead atoms. The van der Waals surface area contributed by atoms with Crippen molar-refractivity contribution >= 4 is 5.82 Å². The van der Waals surface area contributed by atoms with Crippen LogP contribution in [0.15, 0.2) is 42.9 Å². The highest BCUT2D eigenvalue weighted by atomic mass is 16.5. The van der Waals surface area contributed by atoms with E-state index in [-0.39, 0.29) is 0 Å². The average Bonchev–Trinajstić information content (AvgIpc) is 2.81. The van der Waals surface area contributed by atoms with Crippen molar-refractivity contribution in [3.05, 3.63) is 48.4 Å². The molecule has 0 saturated carbocycles. The number of nitrogens with zero attached hydrogens (tertiary/aromatic N) is 4. The van der Waals surface area contributed by atoms with Gasteiger partial charge < -0.3 is 20.1 Å². The number of piperidine rings is 2. The lowest BCUT2D eigenvalue weighted by atomic mass is 9.92. The van der Waals surface area contributed by atoms with Gasteiger partial charge in [-0.2, -0.15) is 0 Å². The Kier molecular flexibility index (Phi) is 7.72. The van der Waals surface area contributed by atoms with E-state index in [1.807, 2.05) is 12.1 Å². The first-order valence-electron chi connectivity index (χ1n) is 11.6. The molecule has 7 heteroatoms. The number of aromatic nitrogens is 2. The molecule has 4 rings (SSSR count).